The normalized spacial score (nSPS) is 15.6. The minimum Gasteiger partial charge on any atom is 1.00 e. The third-order valence-corrected chi connectivity index (χ3v) is 0.249. The molecule has 0 aromatic rings. The molecular weight excluding hydrogens is 225 g/mol. The third-order valence-electron chi connectivity index (χ3n) is 0.249. The van der Waals surface area contributed by atoms with Crippen LogP contribution in [-0.2, 0) is 9.53 Å². The fourth-order valence-corrected chi connectivity index (χ4v) is 0.117. The van der Waals surface area contributed by atoms with Gasteiger partial charge >= 0.3 is 40.4 Å². The quantitative estimate of drug-likeness (QED) is 0.293. The van der Waals surface area contributed by atoms with Gasteiger partial charge in [0.25, 0.3) is 0 Å². The van der Waals surface area contributed by atoms with Crippen molar-refractivity contribution in [2.45, 2.75) is 6.92 Å². The van der Waals surface area contributed by atoms with E-state index in [0.29, 0.717) is 0 Å². The summed E-state index contributed by atoms with van der Waals surface area (Å²) in [5.74, 6) is -0.329. The molecule has 0 fully saturated rings. The second kappa shape index (κ2) is 3.17. The summed E-state index contributed by atoms with van der Waals surface area (Å²) in [4.78, 5) is 9.75. The van der Waals surface area contributed by atoms with E-state index in [1.165, 1.54) is 6.92 Å². The fraction of sp³-hybridized carbons (Fsp3) is 0.250. The molecular formula is C4H7F6O2P. The molecule has 0 aromatic carbocycles. The monoisotopic (exact) mass is 232 g/mol. The van der Waals surface area contributed by atoms with Gasteiger partial charge in [0.2, 0.25) is 0 Å². The Bertz CT molecular complexity index is 195. The van der Waals surface area contributed by atoms with E-state index >= 15 is 0 Å². The van der Waals surface area contributed by atoms with Crippen LogP contribution in [0.15, 0.2) is 12.8 Å². The van der Waals surface area contributed by atoms with Crippen molar-refractivity contribution in [3.8, 4) is 0 Å². The summed E-state index contributed by atoms with van der Waals surface area (Å²) < 4.78 is 63.4. The Morgan fingerprint density at radius 3 is 1.54 bits per heavy atom. The van der Waals surface area contributed by atoms with E-state index in [4.69, 9.17) is 0 Å². The Balaban J connectivity index is -0.000000163. The maximum atomic E-state index is 9.87. The first-order valence-electron chi connectivity index (χ1n) is 2.57. The molecule has 0 bridgehead atoms. The molecule has 0 aliphatic carbocycles. The van der Waals surface area contributed by atoms with Crippen LogP contribution in [0.25, 0.3) is 0 Å². The van der Waals surface area contributed by atoms with Gasteiger partial charge in [-0.15, -0.1) is 0 Å². The zero-order chi connectivity index (χ0) is 11.4. The topological polar surface area (TPSA) is 26.3 Å². The van der Waals surface area contributed by atoms with Gasteiger partial charge in [0.15, 0.2) is 0 Å². The number of hydrogen-bond donors (Lipinski definition) is 0. The molecule has 0 unspecified atom stereocenters. The van der Waals surface area contributed by atoms with Crippen molar-refractivity contribution in [2.75, 3.05) is 0 Å². The maximum Gasteiger partial charge on any atom is 1.00 e. The van der Waals surface area contributed by atoms with Crippen LogP contribution in [-0.4, -0.2) is 5.97 Å². The molecule has 0 atom stereocenters. The first kappa shape index (κ1) is 14.7. The molecule has 0 saturated heterocycles. The van der Waals surface area contributed by atoms with Gasteiger partial charge in [0.05, 0.1) is 6.26 Å². The molecule has 9 heteroatoms. The van der Waals surface area contributed by atoms with E-state index in [-0.39, 0.29) is 7.40 Å². The Morgan fingerprint density at radius 1 is 1.31 bits per heavy atom. The van der Waals surface area contributed by atoms with Crippen LogP contribution < -0.4 is 0 Å². The van der Waals surface area contributed by atoms with Crippen LogP contribution in [0.3, 0.4) is 0 Å². The SMILES string of the molecule is C=COC(C)=O.F[P-](F)(F)(F)(F)F.[H+]. The smallest absolute Gasteiger partial charge is 1.00 e. The largest absolute Gasteiger partial charge is 1.00 e. The Kier molecular flexibility index (Phi) is 3.59. The minimum absolute atomic E-state index is 0. The van der Waals surface area contributed by atoms with E-state index in [2.05, 4.69) is 11.3 Å². The summed E-state index contributed by atoms with van der Waals surface area (Å²) in [6.45, 7) is 4.48. The molecule has 0 saturated carbocycles. The molecule has 0 aromatic heterocycles. The van der Waals surface area contributed by atoms with Crippen molar-refractivity contribution in [3.63, 3.8) is 0 Å². The number of rotatable bonds is 1. The van der Waals surface area contributed by atoms with Gasteiger partial charge in [-0.2, -0.15) is 0 Å². The fourth-order valence-electron chi connectivity index (χ4n) is 0.117. The summed E-state index contributed by atoms with van der Waals surface area (Å²) in [5, 5.41) is 0. The van der Waals surface area contributed by atoms with Gasteiger partial charge in [-0.1, -0.05) is 6.58 Å². The molecule has 2 nitrogen and oxygen atoms in total. The molecule has 0 aliphatic rings. The molecule has 0 rings (SSSR count). The van der Waals surface area contributed by atoms with E-state index in [9.17, 15) is 30.0 Å². The van der Waals surface area contributed by atoms with Gasteiger partial charge in [-0.3, -0.25) is 4.79 Å². The molecule has 0 N–H and O–H groups in total. The third kappa shape index (κ3) is 194. The number of carbonyl (C=O) groups is 1. The average Bonchev–Trinajstić information content (AvgIpc) is 1.53. The van der Waals surface area contributed by atoms with Gasteiger partial charge < -0.3 is 4.74 Å². The molecule has 0 radical (unpaired) electrons. The summed E-state index contributed by atoms with van der Waals surface area (Å²) in [6.07, 6.45) is 1.10. The van der Waals surface area contributed by atoms with Crippen molar-refractivity contribution in [1.82, 2.24) is 0 Å². The number of carbonyl (C=O) groups excluding carboxylic acids is 1. The van der Waals surface area contributed by atoms with E-state index in [0.717, 1.165) is 6.26 Å². The maximum absolute atomic E-state index is 10.7. The predicted molar refractivity (Wildman–Crippen MR) is 36.6 cm³/mol. The Hall–Kier alpha value is -0.780. The van der Waals surface area contributed by atoms with Gasteiger partial charge in [-0.05, 0) is 0 Å². The van der Waals surface area contributed by atoms with Crippen molar-refractivity contribution in [2.24, 2.45) is 0 Å². The predicted octanol–water partition coefficient (Wildman–Crippen LogP) is 4.19. The molecule has 13 heavy (non-hydrogen) atoms. The zero-order valence-corrected chi connectivity index (χ0v) is 7.21. The second-order valence-electron chi connectivity index (χ2n) is 1.73. The van der Waals surface area contributed by atoms with Crippen LogP contribution in [0.4, 0.5) is 25.2 Å². The Labute approximate surface area is 70.9 Å². The van der Waals surface area contributed by atoms with Crippen LogP contribution in [0.2, 0.25) is 0 Å². The van der Waals surface area contributed by atoms with E-state index in [1.807, 2.05) is 0 Å². The van der Waals surface area contributed by atoms with Crippen LogP contribution >= 0.6 is 7.81 Å². The number of ether oxygens (including phenoxy) is 1. The second-order valence-corrected chi connectivity index (χ2v) is 3.65. The number of hydrogen-bond acceptors (Lipinski definition) is 2. The van der Waals surface area contributed by atoms with E-state index < -0.39 is 7.81 Å². The summed E-state index contributed by atoms with van der Waals surface area (Å²) in [7, 11) is -10.7. The average molecular weight is 232 g/mol. The zero-order valence-electron chi connectivity index (χ0n) is 7.32. The number of esters is 1. The minimum atomic E-state index is -10.7. The van der Waals surface area contributed by atoms with Crippen LogP contribution in [0, 0.1) is 0 Å². The van der Waals surface area contributed by atoms with Crippen molar-refractivity contribution in [3.05, 3.63) is 12.8 Å². The number of halogens is 6. The molecule has 82 valence electrons. The van der Waals surface area contributed by atoms with Gasteiger partial charge in [0, 0.05) is 6.92 Å². The van der Waals surface area contributed by atoms with Gasteiger partial charge in [0.1, 0.15) is 0 Å². The summed E-state index contributed by atoms with van der Waals surface area (Å²) in [6, 6.07) is 0. The first-order chi connectivity index (χ1) is 5.22. The summed E-state index contributed by atoms with van der Waals surface area (Å²) in [5.41, 5.74) is 0. The van der Waals surface area contributed by atoms with Gasteiger partial charge in [-0.25, -0.2) is 0 Å². The molecule has 0 heterocycles. The molecule has 0 aliphatic heterocycles. The van der Waals surface area contributed by atoms with Crippen LogP contribution in [0.5, 0.6) is 0 Å². The molecule has 0 amide bonds. The summed E-state index contributed by atoms with van der Waals surface area (Å²) >= 11 is 0. The van der Waals surface area contributed by atoms with E-state index in [1.54, 1.807) is 0 Å². The standard InChI is InChI=1S/C4H6O2.F6P/c1-3-6-4(2)5;1-7(2,3,4,5)6/h3H,1H2,2H3;/q;-1/p+1. The first-order valence-corrected chi connectivity index (χ1v) is 4.59. The van der Waals surface area contributed by atoms with Crippen LogP contribution in [0.1, 0.15) is 8.35 Å². The van der Waals surface area contributed by atoms with Crippen molar-refractivity contribution < 1.29 is 36.1 Å². The Morgan fingerprint density at radius 2 is 1.54 bits per heavy atom. The molecule has 0 spiro atoms. The van der Waals surface area contributed by atoms with Crippen molar-refractivity contribution >= 4 is 13.8 Å². The van der Waals surface area contributed by atoms with Crippen molar-refractivity contribution in [1.29, 1.82) is 0 Å².